The summed E-state index contributed by atoms with van der Waals surface area (Å²) in [5, 5.41) is 12.8. The van der Waals surface area contributed by atoms with Gasteiger partial charge in [0.25, 0.3) is 0 Å². The number of hydrogen-bond acceptors (Lipinski definition) is 9. The van der Waals surface area contributed by atoms with E-state index in [1.165, 1.54) is 26.6 Å². The maximum atomic E-state index is 12.0. The molecule has 2 atom stereocenters. The van der Waals surface area contributed by atoms with E-state index in [4.69, 9.17) is 10.1 Å². The number of amidine groups is 1. The first-order chi connectivity index (χ1) is 15.4. The highest BCUT2D eigenvalue weighted by Crippen LogP contribution is 2.23. The Bertz CT molecular complexity index is 993. The Kier molecular flexibility index (Phi) is 7.32. The number of carbonyl (C=O) groups excluding carboxylic acids is 3. The number of rotatable bonds is 7. The number of carbonyl (C=O) groups is 3. The van der Waals surface area contributed by atoms with Gasteiger partial charge in [0.05, 0.1) is 50.7 Å². The molecule has 168 valence electrons. The van der Waals surface area contributed by atoms with Crippen molar-refractivity contribution in [3.05, 3.63) is 42.4 Å². The zero-order valence-electron chi connectivity index (χ0n) is 17.6. The highest BCUT2D eigenvalue weighted by atomic mass is 16.5. The van der Waals surface area contributed by atoms with E-state index in [2.05, 4.69) is 30.1 Å². The van der Waals surface area contributed by atoms with Crippen molar-refractivity contribution in [2.75, 3.05) is 20.8 Å². The number of methoxy groups -OCH3 is 2. The number of nitrogens with zero attached hydrogens (tertiary/aromatic N) is 2. The second kappa shape index (κ2) is 10.3. The van der Waals surface area contributed by atoms with E-state index in [9.17, 15) is 14.4 Å². The Hall–Kier alpha value is -4.02. The number of benzene rings is 1. The van der Waals surface area contributed by atoms with Gasteiger partial charge in [-0.25, -0.2) is 9.78 Å². The van der Waals surface area contributed by atoms with Gasteiger partial charge in [-0.3, -0.25) is 25.3 Å². The molecule has 1 saturated heterocycles. The van der Waals surface area contributed by atoms with Crippen LogP contribution in [-0.4, -0.2) is 60.6 Å². The highest BCUT2D eigenvalue weighted by molar-refractivity contribution is 6.03. The van der Waals surface area contributed by atoms with Crippen molar-refractivity contribution < 1.29 is 28.6 Å². The van der Waals surface area contributed by atoms with Crippen molar-refractivity contribution in [3.63, 3.8) is 0 Å². The molecule has 0 radical (unpaired) electrons. The van der Waals surface area contributed by atoms with Crippen LogP contribution in [-0.2, 0) is 19.1 Å². The fourth-order valence-electron chi connectivity index (χ4n) is 3.14. The van der Waals surface area contributed by atoms with Gasteiger partial charge in [-0.05, 0) is 30.7 Å². The molecular formula is C21H23N5O6. The van der Waals surface area contributed by atoms with Crippen LogP contribution in [0.25, 0.3) is 11.3 Å². The Morgan fingerprint density at radius 3 is 2.53 bits per heavy atom. The molecule has 0 spiro atoms. The van der Waals surface area contributed by atoms with Gasteiger partial charge in [0.2, 0.25) is 5.91 Å². The van der Waals surface area contributed by atoms with E-state index in [1.807, 2.05) is 12.1 Å². The van der Waals surface area contributed by atoms with Crippen molar-refractivity contribution in [2.24, 2.45) is 5.92 Å². The average molecular weight is 441 g/mol. The fourth-order valence-corrected chi connectivity index (χ4v) is 3.14. The van der Waals surface area contributed by atoms with Crippen molar-refractivity contribution >= 4 is 23.8 Å². The molecule has 1 aliphatic rings. The standard InChI is InChI=1S/C21H23N5O6/c1-30-18(27)8-13-7-14(25-20(13)28)11-32-15-5-3-12(4-6-15)16-9-24-17(10-23-16)19(22)26-21(29)31-2/h3-6,9-10,13-14H,7-8,11H2,1-2H3,(H,25,28)(H2,22,26,29)/t13-,14-/m0/s1. The predicted octanol–water partition coefficient (Wildman–Crippen LogP) is 1.27. The Labute approximate surface area is 184 Å². The van der Waals surface area contributed by atoms with Gasteiger partial charge in [-0.1, -0.05) is 0 Å². The van der Waals surface area contributed by atoms with E-state index in [0.717, 1.165) is 5.56 Å². The van der Waals surface area contributed by atoms with E-state index >= 15 is 0 Å². The lowest BCUT2D eigenvalue weighted by Gasteiger charge is -2.12. The minimum atomic E-state index is -0.757. The highest BCUT2D eigenvalue weighted by Gasteiger charge is 2.34. The van der Waals surface area contributed by atoms with Crippen LogP contribution in [0.15, 0.2) is 36.7 Å². The first-order valence-electron chi connectivity index (χ1n) is 9.76. The van der Waals surface area contributed by atoms with Crippen molar-refractivity contribution in [1.82, 2.24) is 20.6 Å². The lowest BCUT2D eigenvalue weighted by molar-refractivity contribution is -0.143. The molecule has 3 N–H and O–H groups in total. The van der Waals surface area contributed by atoms with E-state index in [-0.39, 0.29) is 36.5 Å². The molecule has 2 heterocycles. The monoisotopic (exact) mass is 441 g/mol. The maximum Gasteiger partial charge on any atom is 0.412 e. The molecule has 11 nitrogen and oxygen atoms in total. The molecular weight excluding hydrogens is 418 g/mol. The Morgan fingerprint density at radius 1 is 1.16 bits per heavy atom. The van der Waals surface area contributed by atoms with Gasteiger partial charge >= 0.3 is 12.1 Å². The molecule has 1 aromatic carbocycles. The largest absolute Gasteiger partial charge is 0.491 e. The second-order valence-electron chi connectivity index (χ2n) is 7.03. The number of alkyl carbamates (subject to hydrolysis) is 1. The topological polar surface area (TPSA) is 153 Å². The summed E-state index contributed by atoms with van der Waals surface area (Å²) < 4.78 is 14.8. The van der Waals surface area contributed by atoms with Gasteiger partial charge in [-0.2, -0.15) is 0 Å². The quantitative estimate of drug-likeness (QED) is 0.330. The van der Waals surface area contributed by atoms with E-state index in [0.29, 0.717) is 17.9 Å². The molecule has 11 heteroatoms. The zero-order chi connectivity index (χ0) is 23.1. The second-order valence-corrected chi connectivity index (χ2v) is 7.03. The molecule has 3 rings (SSSR count). The summed E-state index contributed by atoms with van der Waals surface area (Å²) in [4.78, 5) is 42.9. The smallest absolute Gasteiger partial charge is 0.412 e. The Morgan fingerprint density at radius 2 is 1.91 bits per heavy atom. The molecule has 0 saturated carbocycles. The van der Waals surface area contributed by atoms with Crippen LogP contribution in [0.3, 0.4) is 0 Å². The third kappa shape index (κ3) is 5.78. The van der Waals surface area contributed by atoms with Crippen molar-refractivity contribution in [2.45, 2.75) is 18.9 Å². The maximum absolute atomic E-state index is 12.0. The summed E-state index contributed by atoms with van der Waals surface area (Å²) in [6.07, 6.45) is 2.69. The fraction of sp³-hybridized carbons (Fsp3) is 0.333. The van der Waals surface area contributed by atoms with Crippen LogP contribution >= 0.6 is 0 Å². The SMILES string of the molecule is COC(=O)C[C@@H]1C[C@@H](COc2ccc(-c3cnc(C(=N)NC(=O)OC)cn3)cc2)NC1=O. The number of nitrogens with one attached hydrogen (secondary N) is 3. The van der Waals surface area contributed by atoms with Gasteiger partial charge in [0.15, 0.2) is 5.84 Å². The summed E-state index contributed by atoms with van der Waals surface area (Å²) >= 11 is 0. The van der Waals surface area contributed by atoms with Crippen molar-refractivity contribution in [3.8, 4) is 17.0 Å². The molecule has 2 amide bonds. The molecule has 32 heavy (non-hydrogen) atoms. The van der Waals surface area contributed by atoms with Gasteiger partial charge in [0, 0.05) is 5.56 Å². The number of esters is 1. The van der Waals surface area contributed by atoms with Crippen LogP contribution in [0.2, 0.25) is 0 Å². The van der Waals surface area contributed by atoms with Crippen LogP contribution in [0.1, 0.15) is 18.5 Å². The summed E-state index contributed by atoms with van der Waals surface area (Å²) in [7, 11) is 2.50. The number of hydrogen-bond donors (Lipinski definition) is 3. The summed E-state index contributed by atoms with van der Waals surface area (Å²) in [6.45, 7) is 0.284. The van der Waals surface area contributed by atoms with Crippen LogP contribution in [0.4, 0.5) is 4.79 Å². The van der Waals surface area contributed by atoms with E-state index < -0.39 is 18.0 Å². The number of amides is 2. The molecule has 1 aromatic heterocycles. The van der Waals surface area contributed by atoms with Crippen LogP contribution < -0.4 is 15.4 Å². The minimum absolute atomic E-state index is 0.0611. The Balaban J connectivity index is 1.53. The van der Waals surface area contributed by atoms with Gasteiger partial charge < -0.3 is 19.5 Å². The van der Waals surface area contributed by atoms with E-state index in [1.54, 1.807) is 12.1 Å². The molecule has 1 fully saturated rings. The molecule has 0 aliphatic carbocycles. The minimum Gasteiger partial charge on any atom is -0.491 e. The normalized spacial score (nSPS) is 17.2. The van der Waals surface area contributed by atoms with Gasteiger partial charge in [-0.15, -0.1) is 0 Å². The molecule has 1 aliphatic heterocycles. The zero-order valence-corrected chi connectivity index (χ0v) is 17.6. The number of aromatic nitrogens is 2. The van der Waals surface area contributed by atoms with Gasteiger partial charge in [0.1, 0.15) is 18.1 Å². The molecule has 2 aromatic rings. The predicted molar refractivity (Wildman–Crippen MR) is 112 cm³/mol. The first-order valence-corrected chi connectivity index (χ1v) is 9.76. The van der Waals surface area contributed by atoms with Crippen LogP contribution in [0.5, 0.6) is 5.75 Å². The lowest BCUT2D eigenvalue weighted by Crippen LogP contribution is -2.31. The number of ether oxygens (including phenoxy) is 3. The summed E-state index contributed by atoms with van der Waals surface area (Å²) in [5.74, 6) is -0.573. The third-order valence-corrected chi connectivity index (χ3v) is 4.85. The van der Waals surface area contributed by atoms with Crippen LogP contribution in [0, 0.1) is 11.3 Å². The molecule has 0 unspecified atom stereocenters. The first kappa shape index (κ1) is 22.7. The third-order valence-electron chi connectivity index (χ3n) is 4.85. The average Bonchev–Trinajstić information content (AvgIpc) is 3.16. The summed E-state index contributed by atoms with van der Waals surface area (Å²) in [5.41, 5.74) is 1.57. The van der Waals surface area contributed by atoms with Crippen molar-refractivity contribution in [1.29, 1.82) is 5.41 Å². The molecule has 0 bridgehead atoms. The lowest BCUT2D eigenvalue weighted by atomic mass is 10.0. The summed E-state index contributed by atoms with van der Waals surface area (Å²) in [6, 6.07) is 6.99.